The van der Waals surface area contributed by atoms with E-state index in [0.717, 1.165) is 50.0 Å². The van der Waals surface area contributed by atoms with Crippen molar-refractivity contribution in [1.82, 2.24) is 9.80 Å². The molecule has 0 bridgehead atoms. The largest absolute Gasteiger partial charge is 0.497 e. The van der Waals surface area contributed by atoms with Crippen molar-refractivity contribution in [2.75, 3.05) is 51.4 Å². The highest BCUT2D eigenvalue weighted by atomic mass is 32.2. The average molecular weight is 415 g/mol. The minimum Gasteiger partial charge on any atom is -0.497 e. The van der Waals surface area contributed by atoms with Crippen molar-refractivity contribution in [2.24, 2.45) is 0 Å². The van der Waals surface area contributed by atoms with Gasteiger partial charge >= 0.3 is 0 Å². The predicted octanol–water partition coefficient (Wildman–Crippen LogP) is 3.46. The maximum Gasteiger partial charge on any atom is 0.232 e. The van der Waals surface area contributed by atoms with Crippen LogP contribution in [0.4, 0.5) is 0 Å². The van der Waals surface area contributed by atoms with Gasteiger partial charge in [0.05, 0.1) is 19.5 Å². The van der Waals surface area contributed by atoms with Crippen LogP contribution in [-0.2, 0) is 11.3 Å². The zero-order valence-electron chi connectivity index (χ0n) is 17.3. The maximum atomic E-state index is 12.4. The standard InChI is InChI=1S/C23H30N2O3S/c1-19-4-3-5-20(16-19)17-24-10-12-25(13-11-24)23(26)18-29-15-14-28-22-8-6-21(27-2)7-9-22/h3-9,16H,10-15,17-18H2,1-2H3. The smallest absolute Gasteiger partial charge is 0.232 e. The summed E-state index contributed by atoms with van der Waals surface area (Å²) in [7, 11) is 1.65. The molecule has 1 aliphatic heterocycles. The first-order valence-electron chi connectivity index (χ1n) is 10.0. The van der Waals surface area contributed by atoms with Gasteiger partial charge in [-0.1, -0.05) is 29.8 Å². The Morgan fingerprint density at radius 2 is 1.76 bits per heavy atom. The SMILES string of the molecule is COc1ccc(OCCSCC(=O)N2CCN(Cc3cccc(C)c3)CC2)cc1. The molecule has 0 unspecified atom stereocenters. The Morgan fingerprint density at radius 3 is 2.45 bits per heavy atom. The molecule has 0 radical (unpaired) electrons. The van der Waals surface area contributed by atoms with Gasteiger partial charge in [-0.25, -0.2) is 0 Å². The zero-order chi connectivity index (χ0) is 20.5. The molecule has 0 spiro atoms. The van der Waals surface area contributed by atoms with Crippen LogP contribution in [0.1, 0.15) is 11.1 Å². The van der Waals surface area contributed by atoms with E-state index in [1.165, 1.54) is 11.1 Å². The molecular formula is C23H30N2O3S. The van der Waals surface area contributed by atoms with Crippen LogP contribution >= 0.6 is 11.8 Å². The quantitative estimate of drug-likeness (QED) is 0.588. The molecule has 0 aromatic heterocycles. The number of ether oxygens (including phenoxy) is 2. The Hall–Kier alpha value is -2.18. The van der Waals surface area contributed by atoms with Crippen molar-refractivity contribution in [3.63, 3.8) is 0 Å². The number of hydrogen-bond donors (Lipinski definition) is 0. The minimum atomic E-state index is 0.231. The third-order valence-corrected chi connectivity index (χ3v) is 5.90. The monoisotopic (exact) mass is 414 g/mol. The molecule has 5 nitrogen and oxygen atoms in total. The molecule has 1 fully saturated rings. The van der Waals surface area contributed by atoms with Crippen LogP contribution in [0.25, 0.3) is 0 Å². The Bertz CT molecular complexity index is 774. The van der Waals surface area contributed by atoms with Gasteiger partial charge < -0.3 is 14.4 Å². The number of amides is 1. The first-order valence-corrected chi connectivity index (χ1v) is 11.2. The van der Waals surface area contributed by atoms with E-state index >= 15 is 0 Å². The summed E-state index contributed by atoms with van der Waals surface area (Å²) in [6.45, 7) is 7.17. The van der Waals surface area contributed by atoms with E-state index in [1.807, 2.05) is 29.2 Å². The summed E-state index contributed by atoms with van der Waals surface area (Å²) in [5, 5.41) is 0. The van der Waals surface area contributed by atoms with Gasteiger partial charge in [-0.3, -0.25) is 9.69 Å². The van der Waals surface area contributed by atoms with Gasteiger partial charge in [0, 0.05) is 38.5 Å². The van der Waals surface area contributed by atoms with Crippen molar-refractivity contribution in [3.05, 3.63) is 59.7 Å². The van der Waals surface area contributed by atoms with Crippen molar-refractivity contribution in [3.8, 4) is 11.5 Å². The molecule has 29 heavy (non-hydrogen) atoms. The molecular weight excluding hydrogens is 384 g/mol. The molecule has 0 aliphatic carbocycles. The van der Waals surface area contributed by atoms with Gasteiger partial charge in [0.1, 0.15) is 11.5 Å². The number of carbonyl (C=O) groups excluding carboxylic acids is 1. The molecule has 0 N–H and O–H groups in total. The second-order valence-corrected chi connectivity index (χ2v) is 8.33. The van der Waals surface area contributed by atoms with E-state index in [9.17, 15) is 4.79 Å². The second-order valence-electron chi connectivity index (χ2n) is 7.22. The molecule has 3 rings (SSSR count). The first kappa shape index (κ1) is 21.5. The van der Waals surface area contributed by atoms with Crippen LogP contribution in [-0.4, -0.2) is 67.1 Å². The lowest BCUT2D eigenvalue weighted by Gasteiger charge is -2.34. The van der Waals surface area contributed by atoms with Crippen LogP contribution < -0.4 is 9.47 Å². The molecule has 6 heteroatoms. The number of aryl methyl sites for hydroxylation is 1. The minimum absolute atomic E-state index is 0.231. The lowest BCUT2D eigenvalue weighted by molar-refractivity contribution is -0.130. The molecule has 2 aromatic rings. The van der Waals surface area contributed by atoms with Crippen LogP contribution in [0.2, 0.25) is 0 Å². The maximum absolute atomic E-state index is 12.4. The molecule has 1 aliphatic rings. The van der Waals surface area contributed by atoms with Crippen LogP contribution in [0.3, 0.4) is 0 Å². The lowest BCUT2D eigenvalue weighted by Crippen LogP contribution is -2.48. The number of piperazine rings is 1. The number of thioether (sulfide) groups is 1. The van der Waals surface area contributed by atoms with E-state index in [4.69, 9.17) is 9.47 Å². The van der Waals surface area contributed by atoms with E-state index in [2.05, 4.69) is 36.1 Å². The van der Waals surface area contributed by atoms with Crippen molar-refractivity contribution < 1.29 is 14.3 Å². The molecule has 1 amide bonds. The van der Waals surface area contributed by atoms with Crippen molar-refractivity contribution in [1.29, 1.82) is 0 Å². The van der Waals surface area contributed by atoms with E-state index in [-0.39, 0.29) is 5.91 Å². The van der Waals surface area contributed by atoms with Gasteiger partial charge in [-0.05, 0) is 36.8 Å². The van der Waals surface area contributed by atoms with Crippen LogP contribution in [0, 0.1) is 6.92 Å². The molecule has 0 saturated carbocycles. The lowest BCUT2D eigenvalue weighted by atomic mass is 10.1. The average Bonchev–Trinajstić information content (AvgIpc) is 2.74. The predicted molar refractivity (Wildman–Crippen MR) is 119 cm³/mol. The van der Waals surface area contributed by atoms with Gasteiger partial charge in [0.15, 0.2) is 0 Å². The number of hydrogen-bond acceptors (Lipinski definition) is 5. The summed E-state index contributed by atoms with van der Waals surface area (Å²) in [5.74, 6) is 3.18. The Kier molecular flexibility index (Phi) is 8.25. The fraction of sp³-hybridized carbons (Fsp3) is 0.435. The van der Waals surface area contributed by atoms with E-state index < -0.39 is 0 Å². The van der Waals surface area contributed by atoms with Gasteiger partial charge in [0.25, 0.3) is 0 Å². The summed E-state index contributed by atoms with van der Waals surface area (Å²) in [5.41, 5.74) is 2.64. The number of carbonyl (C=O) groups is 1. The highest BCUT2D eigenvalue weighted by molar-refractivity contribution is 7.99. The summed E-state index contributed by atoms with van der Waals surface area (Å²) in [6, 6.07) is 16.2. The normalized spacial score (nSPS) is 14.6. The number of nitrogens with zero attached hydrogens (tertiary/aromatic N) is 2. The first-order chi connectivity index (χ1) is 14.1. The fourth-order valence-electron chi connectivity index (χ4n) is 3.37. The van der Waals surface area contributed by atoms with E-state index in [1.54, 1.807) is 18.9 Å². The summed E-state index contributed by atoms with van der Waals surface area (Å²) >= 11 is 1.63. The van der Waals surface area contributed by atoms with Crippen molar-refractivity contribution >= 4 is 17.7 Å². The molecule has 156 valence electrons. The number of benzene rings is 2. The third kappa shape index (κ3) is 6.98. The highest BCUT2D eigenvalue weighted by Crippen LogP contribution is 2.17. The summed E-state index contributed by atoms with van der Waals surface area (Å²) in [4.78, 5) is 16.9. The molecule has 1 heterocycles. The molecule has 2 aromatic carbocycles. The number of methoxy groups -OCH3 is 1. The van der Waals surface area contributed by atoms with Gasteiger partial charge in [0.2, 0.25) is 5.91 Å². The Labute approximate surface area is 178 Å². The third-order valence-electron chi connectivity index (χ3n) is 5.00. The fourth-order valence-corrected chi connectivity index (χ4v) is 4.07. The van der Waals surface area contributed by atoms with Gasteiger partial charge in [-0.2, -0.15) is 0 Å². The zero-order valence-corrected chi connectivity index (χ0v) is 18.1. The number of rotatable bonds is 9. The van der Waals surface area contributed by atoms with Crippen LogP contribution in [0.5, 0.6) is 11.5 Å². The topological polar surface area (TPSA) is 42.0 Å². The van der Waals surface area contributed by atoms with E-state index in [0.29, 0.717) is 12.4 Å². The Morgan fingerprint density at radius 1 is 1.03 bits per heavy atom. The summed E-state index contributed by atoms with van der Waals surface area (Å²) in [6.07, 6.45) is 0. The summed E-state index contributed by atoms with van der Waals surface area (Å²) < 4.78 is 10.8. The molecule has 1 saturated heterocycles. The highest BCUT2D eigenvalue weighted by Gasteiger charge is 2.20. The Balaban J connectivity index is 1.29. The van der Waals surface area contributed by atoms with Gasteiger partial charge in [-0.15, -0.1) is 11.8 Å². The second kappa shape index (κ2) is 11.1. The van der Waals surface area contributed by atoms with Crippen LogP contribution in [0.15, 0.2) is 48.5 Å². The molecule has 0 atom stereocenters. The van der Waals surface area contributed by atoms with Crippen molar-refractivity contribution in [2.45, 2.75) is 13.5 Å².